The third-order valence-electron chi connectivity index (χ3n) is 2.30. The first-order valence-electron chi connectivity index (χ1n) is 4.97. The molecule has 0 aliphatic rings. The lowest BCUT2D eigenvalue weighted by Gasteiger charge is -2.13. The molecule has 0 N–H and O–H groups in total. The lowest BCUT2D eigenvalue weighted by molar-refractivity contribution is -0.157. The fraction of sp³-hybridized carbons (Fsp3) is 0.250. The van der Waals surface area contributed by atoms with E-state index in [0.29, 0.717) is 0 Å². The van der Waals surface area contributed by atoms with Gasteiger partial charge in [-0.25, -0.2) is 4.79 Å². The number of carbonyl (C=O) groups excluding carboxylic acids is 3. The van der Waals surface area contributed by atoms with Gasteiger partial charge in [0.15, 0.2) is 5.92 Å². The van der Waals surface area contributed by atoms with Crippen LogP contribution in [0.2, 0.25) is 5.02 Å². The second kappa shape index (κ2) is 6.16. The number of benzene rings is 1. The summed E-state index contributed by atoms with van der Waals surface area (Å²) in [4.78, 5) is 34.6. The summed E-state index contributed by atoms with van der Waals surface area (Å²) in [5.74, 6) is -4.41. The summed E-state index contributed by atoms with van der Waals surface area (Å²) in [6.07, 6.45) is 0. The summed E-state index contributed by atoms with van der Waals surface area (Å²) in [6, 6.07) is 6.23. The van der Waals surface area contributed by atoms with Gasteiger partial charge in [0.2, 0.25) is 0 Å². The van der Waals surface area contributed by atoms with E-state index in [2.05, 4.69) is 9.47 Å². The molecule has 0 saturated carbocycles. The average Bonchev–Trinajstić information content (AvgIpc) is 2.39. The van der Waals surface area contributed by atoms with E-state index in [4.69, 9.17) is 11.6 Å². The van der Waals surface area contributed by atoms with E-state index >= 15 is 0 Å². The number of rotatable bonds is 4. The van der Waals surface area contributed by atoms with E-state index in [1.807, 2.05) is 0 Å². The molecule has 6 heteroatoms. The first kappa shape index (κ1) is 14.2. The molecule has 0 heterocycles. The molecule has 0 saturated heterocycles. The molecule has 0 radical (unpaired) electrons. The van der Waals surface area contributed by atoms with Gasteiger partial charge < -0.3 is 9.47 Å². The van der Waals surface area contributed by atoms with Crippen LogP contribution in [0, 0.1) is 0 Å². The van der Waals surface area contributed by atoms with Gasteiger partial charge in [-0.2, -0.15) is 0 Å². The second-order valence-corrected chi connectivity index (χ2v) is 3.74. The first-order valence-corrected chi connectivity index (χ1v) is 5.35. The van der Waals surface area contributed by atoms with Crippen molar-refractivity contribution in [3.8, 4) is 0 Å². The molecule has 0 spiro atoms. The zero-order chi connectivity index (χ0) is 13.7. The number of Topliss-reactive ketones (excluding diaryl/α,β-unsaturated/α-hetero) is 1. The molecule has 1 aromatic rings. The van der Waals surface area contributed by atoms with Crippen LogP contribution >= 0.6 is 11.6 Å². The maximum Gasteiger partial charge on any atom is 0.375 e. The summed E-state index contributed by atoms with van der Waals surface area (Å²) in [5.41, 5.74) is 0.210. The summed E-state index contributed by atoms with van der Waals surface area (Å²) < 4.78 is 8.82. The highest BCUT2D eigenvalue weighted by Gasteiger charge is 2.36. The van der Waals surface area contributed by atoms with E-state index in [1.165, 1.54) is 12.1 Å². The van der Waals surface area contributed by atoms with Crippen LogP contribution < -0.4 is 0 Å². The van der Waals surface area contributed by atoms with E-state index in [-0.39, 0.29) is 10.6 Å². The summed E-state index contributed by atoms with van der Waals surface area (Å²) in [5, 5.41) is 0.199. The lowest BCUT2D eigenvalue weighted by atomic mass is 9.94. The molecule has 1 atom stereocenters. The molecule has 1 rings (SSSR count). The van der Waals surface area contributed by atoms with Crippen LogP contribution in [-0.4, -0.2) is 31.9 Å². The Morgan fingerprint density at radius 1 is 1.11 bits per heavy atom. The number of esters is 2. The zero-order valence-corrected chi connectivity index (χ0v) is 10.6. The maximum atomic E-state index is 11.8. The SMILES string of the molecule is COC(=O)C(=O)C(C(=O)OC)c1ccccc1Cl. The predicted octanol–water partition coefficient (Wildman–Crippen LogP) is 1.34. The van der Waals surface area contributed by atoms with E-state index < -0.39 is 23.6 Å². The van der Waals surface area contributed by atoms with Crippen molar-refractivity contribution in [2.75, 3.05) is 14.2 Å². The van der Waals surface area contributed by atoms with Crippen molar-refractivity contribution in [3.05, 3.63) is 34.9 Å². The third kappa shape index (κ3) is 2.87. The van der Waals surface area contributed by atoms with Gasteiger partial charge in [0.25, 0.3) is 5.78 Å². The van der Waals surface area contributed by atoms with E-state index in [1.54, 1.807) is 12.1 Å². The van der Waals surface area contributed by atoms with Gasteiger partial charge in [-0.05, 0) is 11.6 Å². The minimum atomic E-state index is -1.41. The second-order valence-electron chi connectivity index (χ2n) is 3.33. The van der Waals surface area contributed by atoms with Gasteiger partial charge in [-0.3, -0.25) is 9.59 Å². The predicted molar refractivity (Wildman–Crippen MR) is 63.2 cm³/mol. The minimum absolute atomic E-state index is 0.199. The Kier molecular flexibility index (Phi) is 4.85. The van der Waals surface area contributed by atoms with Gasteiger partial charge in [-0.1, -0.05) is 29.8 Å². The molecule has 0 fully saturated rings. The van der Waals surface area contributed by atoms with Crippen LogP contribution in [-0.2, 0) is 23.9 Å². The molecular weight excluding hydrogens is 260 g/mol. The fourth-order valence-corrected chi connectivity index (χ4v) is 1.67. The molecule has 1 aromatic carbocycles. The van der Waals surface area contributed by atoms with Crippen molar-refractivity contribution in [1.29, 1.82) is 0 Å². The maximum absolute atomic E-state index is 11.8. The summed E-state index contributed by atoms with van der Waals surface area (Å²) in [6.45, 7) is 0. The van der Waals surface area contributed by atoms with Gasteiger partial charge in [0.05, 0.1) is 14.2 Å². The van der Waals surface area contributed by atoms with Crippen LogP contribution in [0.25, 0.3) is 0 Å². The molecule has 96 valence electrons. The third-order valence-corrected chi connectivity index (χ3v) is 2.65. The van der Waals surface area contributed by atoms with Crippen molar-refractivity contribution >= 4 is 29.3 Å². The fourth-order valence-electron chi connectivity index (χ4n) is 1.42. The number of methoxy groups -OCH3 is 2. The van der Waals surface area contributed by atoms with Crippen molar-refractivity contribution in [1.82, 2.24) is 0 Å². The molecule has 0 bridgehead atoms. The zero-order valence-electron chi connectivity index (χ0n) is 9.81. The number of carbonyl (C=O) groups is 3. The Hall–Kier alpha value is -1.88. The highest BCUT2D eigenvalue weighted by atomic mass is 35.5. The Morgan fingerprint density at radius 3 is 2.22 bits per heavy atom. The number of ketones is 1. The average molecular weight is 271 g/mol. The van der Waals surface area contributed by atoms with E-state index in [0.717, 1.165) is 14.2 Å². The monoisotopic (exact) mass is 270 g/mol. The van der Waals surface area contributed by atoms with Crippen molar-refractivity contribution in [2.45, 2.75) is 5.92 Å². The summed E-state index contributed by atoms with van der Waals surface area (Å²) >= 11 is 5.90. The van der Waals surface area contributed by atoms with Crippen molar-refractivity contribution in [3.63, 3.8) is 0 Å². The van der Waals surface area contributed by atoms with Crippen LogP contribution in [0.15, 0.2) is 24.3 Å². The number of hydrogen-bond donors (Lipinski definition) is 0. The molecule has 0 amide bonds. The number of hydrogen-bond acceptors (Lipinski definition) is 5. The van der Waals surface area contributed by atoms with Crippen LogP contribution in [0.1, 0.15) is 11.5 Å². The Morgan fingerprint density at radius 2 is 1.72 bits per heavy atom. The highest BCUT2D eigenvalue weighted by Crippen LogP contribution is 2.26. The molecule has 0 aromatic heterocycles. The molecule has 1 unspecified atom stereocenters. The largest absolute Gasteiger partial charge is 0.468 e. The number of ether oxygens (including phenoxy) is 2. The highest BCUT2D eigenvalue weighted by molar-refractivity contribution is 6.41. The number of halogens is 1. The first-order chi connectivity index (χ1) is 8.52. The van der Waals surface area contributed by atoms with Gasteiger partial charge in [-0.15, -0.1) is 0 Å². The molecular formula is C12H11ClO5. The normalized spacial score (nSPS) is 11.5. The molecule has 5 nitrogen and oxygen atoms in total. The lowest BCUT2D eigenvalue weighted by Crippen LogP contribution is -2.30. The van der Waals surface area contributed by atoms with Crippen LogP contribution in [0.5, 0.6) is 0 Å². The minimum Gasteiger partial charge on any atom is -0.468 e. The van der Waals surface area contributed by atoms with Crippen LogP contribution in [0.4, 0.5) is 0 Å². The standard InChI is InChI=1S/C12H11ClO5/c1-17-11(15)9(10(14)12(16)18-2)7-5-3-4-6-8(7)13/h3-6,9H,1-2H3. The van der Waals surface area contributed by atoms with Gasteiger partial charge >= 0.3 is 11.9 Å². The smallest absolute Gasteiger partial charge is 0.375 e. The van der Waals surface area contributed by atoms with Crippen LogP contribution in [0.3, 0.4) is 0 Å². The van der Waals surface area contributed by atoms with Gasteiger partial charge in [0.1, 0.15) is 0 Å². The topological polar surface area (TPSA) is 69.7 Å². The van der Waals surface area contributed by atoms with Crippen molar-refractivity contribution < 1.29 is 23.9 Å². The van der Waals surface area contributed by atoms with Gasteiger partial charge in [0, 0.05) is 5.02 Å². The summed E-state index contributed by atoms with van der Waals surface area (Å²) in [7, 11) is 2.18. The molecule has 18 heavy (non-hydrogen) atoms. The van der Waals surface area contributed by atoms with Crippen molar-refractivity contribution in [2.24, 2.45) is 0 Å². The molecule has 0 aliphatic carbocycles. The quantitative estimate of drug-likeness (QED) is 0.469. The molecule has 0 aliphatic heterocycles. The Balaban J connectivity index is 3.23. The van der Waals surface area contributed by atoms with E-state index in [9.17, 15) is 14.4 Å². The Labute approximate surface area is 109 Å². The Bertz CT molecular complexity index is 483.